The molecule has 0 fully saturated rings. The third kappa shape index (κ3) is 9.78. The average molecular weight is 548 g/mol. The number of aryl methyl sites for hydroxylation is 1. The molecule has 0 aromatic heterocycles. The lowest BCUT2D eigenvalue weighted by atomic mass is 10.0. The van der Waals surface area contributed by atoms with E-state index in [9.17, 15) is 14.4 Å². The van der Waals surface area contributed by atoms with Crippen LogP contribution >= 0.6 is 15.9 Å². The molecular formula is C25H30BrN3O6. The third-order valence-corrected chi connectivity index (χ3v) is 5.35. The van der Waals surface area contributed by atoms with Gasteiger partial charge in [-0.25, -0.2) is 10.2 Å². The average Bonchev–Trinajstić information content (AvgIpc) is 2.82. The number of carbonyl (C=O) groups is 3. The molecule has 2 rings (SSSR count). The number of nitrogens with one attached hydrogen (secondary N) is 2. The lowest BCUT2D eigenvalue weighted by molar-refractivity contribution is -0.143. The number of ether oxygens (including phenoxy) is 3. The van der Waals surface area contributed by atoms with E-state index in [2.05, 4.69) is 36.5 Å². The van der Waals surface area contributed by atoms with Crippen LogP contribution in [0.15, 0.2) is 52.0 Å². The van der Waals surface area contributed by atoms with Crippen LogP contribution in [0.3, 0.4) is 0 Å². The molecule has 0 aliphatic heterocycles. The van der Waals surface area contributed by atoms with Crippen LogP contribution in [-0.2, 0) is 19.1 Å². The van der Waals surface area contributed by atoms with Crippen molar-refractivity contribution < 1.29 is 28.6 Å². The smallest absolute Gasteiger partial charge is 0.343 e. The highest BCUT2D eigenvalue weighted by atomic mass is 79.9. The van der Waals surface area contributed by atoms with Crippen molar-refractivity contribution in [3.63, 3.8) is 0 Å². The molecular weight excluding hydrogens is 518 g/mol. The number of methoxy groups -OCH3 is 1. The second kappa shape index (κ2) is 14.1. The van der Waals surface area contributed by atoms with Gasteiger partial charge in [-0.3, -0.25) is 9.59 Å². The molecule has 0 spiro atoms. The maximum absolute atomic E-state index is 12.7. The Balaban J connectivity index is 1.92. The van der Waals surface area contributed by atoms with Crippen molar-refractivity contribution in [3.8, 4) is 11.5 Å². The fourth-order valence-electron chi connectivity index (χ4n) is 2.96. The lowest BCUT2D eigenvalue weighted by Crippen LogP contribution is -2.47. The van der Waals surface area contributed by atoms with E-state index in [0.29, 0.717) is 28.0 Å². The number of halogens is 1. The summed E-state index contributed by atoms with van der Waals surface area (Å²) in [6, 6.07) is 11.7. The molecule has 2 N–H and O–H groups in total. The molecule has 2 amide bonds. The Bertz CT molecular complexity index is 1060. The number of esters is 1. The van der Waals surface area contributed by atoms with Gasteiger partial charge in [0.15, 0.2) is 13.2 Å². The van der Waals surface area contributed by atoms with E-state index in [1.807, 2.05) is 39.0 Å². The maximum Gasteiger partial charge on any atom is 0.343 e. The summed E-state index contributed by atoms with van der Waals surface area (Å²) in [5.74, 6) is -0.0779. The van der Waals surface area contributed by atoms with Crippen molar-refractivity contribution in [2.75, 3.05) is 20.3 Å². The van der Waals surface area contributed by atoms with Gasteiger partial charge in [0.05, 0.1) is 17.8 Å². The molecule has 188 valence electrons. The topological polar surface area (TPSA) is 115 Å². The van der Waals surface area contributed by atoms with Gasteiger partial charge in [0.25, 0.3) is 11.8 Å². The zero-order chi connectivity index (χ0) is 25.8. The van der Waals surface area contributed by atoms with Crippen molar-refractivity contribution in [3.05, 3.63) is 58.1 Å². The fraction of sp³-hybridized carbons (Fsp3) is 0.360. The highest BCUT2D eigenvalue weighted by Gasteiger charge is 2.22. The number of amides is 2. The predicted molar refractivity (Wildman–Crippen MR) is 135 cm³/mol. The number of benzene rings is 2. The highest BCUT2D eigenvalue weighted by molar-refractivity contribution is 9.10. The van der Waals surface area contributed by atoms with Crippen LogP contribution in [0.25, 0.3) is 0 Å². The third-order valence-electron chi connectivity index (χ3n) is 4.73. The fourth-order valence-corrected chi connectivity index (χ4v) is 3.47. The van der Waals surface area contributed by atoms with Gasteiger partial charge in [0.2, 0.25) is 0 Å². The van der Waals surface area contributed by atoms with E-state index >= 15 is 0 Å². The SMILES string of the molecule is COC(=O)COc1ccc(/C=N\NC(=O)[C@H](CC(C)C)NC(=O)COc2ccccc2C)cc1Br. The minimum atomic E-state index is -0.763. The van der Waals surface area contributed by atoms with E-state index in [1.54, 1.807) is 24.3 Å². The summed E-state index contributed by atoms with van der Waals surface area (Å²) >= 11 is 3.37. The van der Waals surface area contributed by atoms with Crippen molar-refractivity contribution >= 4 is 39.9 Å². The number of carbonyl (C=O) groups excluding carboxylic acids is 3. The molecule has 0 aliphatic carbocycles. The minimum Gasteiger partial charge on any atom is -0.484 e. The van der Waals surface area contributed by atoms with Gasteiger partial charge in [-0.1, -0.05) is 32.0 Å². The number of rotatable bonds is 12. The zero-order valence-electron chi connectivity index (χ0n) is 20.2. The molecule has 0 radical (unpaired) electrons. The zero-order valence-corrected chi connectivity index (χ0v) is 21.8. The Hall–Kier alpha value is -3.40. The van der Waals surface area contributed by atoms with Gasteiger partial charge >= 0.3 is 5.97 Å². The number of hydrazone groups is 1. The van der Waals surface area contributed by atoms with Crippen LogP contribution < -0.4 is 20.2 Å². The van der Waals surface area contributed by atoms with E-state index < -0.39 is 23.8 Å². The molecule has 1 atom stereocenters. The number of hydrogen-bond acceptors (Lipinski definition) is 7. The van der Waals surface area contributed by atoms with Crippen molar-refractivity contribution in [1.82, 2.24) is 10.7 Å². The van der Waals surface area contributed by atoms with E-state index in [4.69, 9.17) is 9.47 Å². The number of para-hydroxylation sites is 1. The molecule has 0 aliphatic rings. The van der Waals surface area contributed by atoms with Gasteiger partial charge in [-0.15, -0.1) is 0 Å². The van der Waals surface area contributed by atoms with Crippen molar-refractivity contribution in [2.24, 2.45) is 11.0 Å². The molecule has 0 bridgehead atoms. The first-order valence-electron chi connectivity index (χ1n) is 11.0. The predicted octanol–water partition coefficient (Wildman–Crippen LogP) is 3.37. The monoisotopic (exact) mass is 547 g/mol. The number of nitrogens with zero attached hydrogens (tertiary/aromatic N) is 1. The first kappa shape index (κ1) is 27.8. The van der Waals surface area contributed by atoms with Crippen molar-refractivity contribution in [2.45, 2.75) is 33.2 Å². The minimum absolute atomic E-state index is 0.167. The summed E-state index contributed by atoms with van der Waals surface area (Å²) in [7, 11) is 1.28. The van der Waals surface area contributed by atoms with Crippen LogP contribution in [0.1, 0.15) is 31.4 Å². The van der Waals surface area contributed by atoms with E-state index in [1.165, 1.54) is 13.3 Å². The van der Waals surface area contributed by atoms with Gasteiger partial charge in [-0.05, 0) is 70.6 Å². The first-order chi connectivity index (χ1) is 16.7. The largest absolute Gasteiger partial charge is 0.484 e. The summed E-state index contributed by atoms with van der Waals surface area (Å²) in [6.45, 7) is 5.40. The Morgan fingerprint density at radius 2 is 1.77 bits per heavy atom. The van der Waals surface area contributed by atoms with Crippen LogP contribution in [-0.4, -0.2) is 50.4 Å². The standard InChI is InChI=1S/C25H30BrN3O6/c1-16(2)11-20(28-23(30)14-34-21-8-6-5-7-17(21)3)25(32)29-27-13-18-9-10-22(19(26)12-18)35-15-24(31)33-4/h5-10,12-13,16,20H,11,14-15H2,1-4H3,(H,28,30)(H,29,32)/b27-13-/t20-/m0/s1. The second-order valence-corrected chi connectivity index (χ2v) is 8.95. The summed E-state index contributed by atoms with van der Waals surface area (Å²) in [5, 5.41) is 6.72. The van der Waals surface area contributed by atoms with Crippen molar-refractivity contribution in [1.29, 1.82) is 0 Å². The molecule has 10 heteroatoms. The van der Waals surface area contributed by atoms with Gasteiger partial charge in [0.1, 0.15) is 17.5 Å². The summed E-state index contributed by atoms with van der Waals surface area (Å²) in [5.41, 5.74) is 4.07. The molecule has 0 heterocycles. The maximum atomic E-state index is 12.7. The Labute approximate surface area is 213 Å². The van der Waals surface area contributed by atoms with E-state index in [0.717, 1.165) is 5.56 Å². The van der Waals surface area contributed by atoms with Crippen LogP contribution in [0, 0.1) is 12.8 Å². The molecule has 9 nitrogen and oxygen atoms in total. The molecule has 35 heavy (non-hydrogen) atoms. The Kier molecular flexibility index (Phi) is 11.2. The normalized spacial score (nSPS) is 11.7. The molecule has 0 saturated heterocycles. The number of hydrogen-bond donors (Lipinski definition) is 2. The summed E-state index contributed by atoms with van der Waals surface area (Å²) < 4.78 is 16.1. The van der Waals surface area contributed by atoms with E-state index in [-0.39, 0.29) is 19.1 Å². The molecule has 0 saturated carbocycles. The van der Waals surface area contributed by atoms with Gasteiger partial charge in [0, 0.05) is 0 Å². The summed E-state index contributed by atoms with van der Waals surface area (Å²) in [4.78, 5) is 36.3. The quantitative estimate of drug-likeness (QED) is 0.239. The van der Waals surface area contributed by atoms with Crippen LogP contribution in [0.2, 0.25) is 0 Å². The van der Waals surface area contributed by atoms with Gasteiger partial charge < -0.3 is 19.5 Å². The first-order valence-corrected chi connectivity index (χ1v) is 11.8. The molecule has 0 unspecified atom stereocenters. The Morgan fingerprint density at radius 1 is 1.06 bits per heavy atom. The summed E-state index contributed by atoms with van der Waals surface area (Å²) in [6.07, 6.45) is 1.90. The molecule has 2 aromatic rings. The van der Waals surface area contributed by atoms with Crippen LogP contribution in [0.5, 0.6) is 11.5 Å². The second-order valence-electron chi connectivity index (χ2n) is 8.09. The highest BCUT2D eigenvalue weighted by Crippen LogP contribution is 2.25. The van der Waals surface area contributed by atoms with Crippen LogP contribution in [0.4, 0.5) is 0 Å². The lowest BCUT2D eigenvalue weighted by Gasteiger charge is -2.19. The molecule has 2 aromatic carbocycles. The van der Waals surface area contributed by atoms with Gasteiger partial charge in [-0.2, -0.15) is 5.10 Å². The Morgan fingerprint density at radius 3 is 2.43 bits per heavy atom.